The predicted molar refractivity (Wildman–Crippen MR) is 84.4 cm³/mol. The third-order valence-electron chi connectivity index (χ3n) is 2.38. The number of halogens is 2. The number of hydrogen-bond acceptors (Lipinski definition) is 2. The molecular weight excluding hydrogens is 449 g/mol. The van der Waals surface area contributed by atoms with Gasteiger partial charge in [0.25, 0.3) is 0 Å². The average Bonchev–Trinajstić information content (AvgIpc) is 2.43. The van der Waals surface area contributed by atoms with Crippen LogP contribution >= 0.6 is 24.4 Å². The number of nitrogens with zero attached hydrogens (tertiary/aromatic N) is 1. The van der Waals surface area contributed by atoms with Crippen molar-refractivity contribution in [1.29, 1.82) is 0 Å². The normalized spacial score (nSPS) is 9.84. The van der Waals surface area contributed by atoms with Gasteiger partial charge in [-0.15, -0.1) is 0 Å². The van der Waals surface area contributed by atoms with Crippen molar-refractivity contribution in [2.75, 3.05) is 0 Å². The fraction of sp³-hybridized carbons (Fsp3) is 0.0714. The number of phenolic OH excluding ortho intramolecular Hbond substituents is 1. The van der Waals surface area contributed by atoms with Crippen LogP contribution in [0.2, 0.25) is 0 Å². The van der Waals surface area contributed by atoms with E-state index in [2.05, 4.69) is 29.4 Å². The van der Waals surface area contributed by atoms with Crippen LogP contribution in [0, 0.1) is 6.92 Å². The van der Waals surface area contributed by atoms with Crippen molar-refractivity contribution < 1.29 is 23.6 Å². The monoisotopic (exact) mass is 459 g/mol. The molecule has 5 heteroatoms. The molecule has 2 nitrogen and oxygen atoms in total. The molecule has 0 aromatic heterocycles. The second-order valence-electron chi connectivity index (χ2n) is 3.68. The first-order valence-electron chi connectivity index (χ1n) is 5.53. The molecule has 2 aromatic rings. The van der Waals surface area contributed by atoms with Crippen LogP contribution in [0.15, 0.2) is 53.5 Å². The van der Waals surface area contributed by atoms with Crippen molar-refractivity contribution >= 4 is 36.3 Å². The van der Waals surface area contributed by atoms with E-state index in [4.69, 9.17) is 0 Å². The third-order valence-corrected chi connectivity index (χ3v) is 2.38. The van der Waals surface area contributed by atoms with Crippen LogP contribution in [0.4, 0.5) is 5.69 Å². The summed E-state index contributed by atoms with van der Waals surface area (Å²) in [5, 5.41) is 9.78. The molecule has 0 aliphatic carbocycles. The van der Waals surface area contributed by atoms with E-state index < -0.39 is 0 Å². The van der Waals surface area contributed by atoms with Gasteiger partial charge in [-0.3, -0.25) is 4.99 Å². The Balaban J connectivity index is 0.000000550. The van der Waals surface area contributed by atoms with Crippen LogP contribution in [0.3, 0.4) is 0 Å². The van der Waals surface area contributed by atoms with Crippen LogP contribution in [-0.2, 0) is 18.5 Å². The first-order chi connectivity index (χ1) is 9.19. The number of benzene rings is 2. The van der Waals surface area contributed by atoms with E-state index in [-0.39, 0.29) is 18.5 Å². The van der Waals surface area contributed by atoms with Crippen molar-refractivity contribution in [3.05, 3.63) is 59.7 Å². The Kier molecular flexibility index (Phi) is 8.51. The van der Waals surface area contributed by atoms with Gasteiger partial charge < -0.3 is 5.11 Å². The van der Waals surface area contributed by atoms with Gasteiger partial charge in [0.15, 0.2) is 0 Å². The van der Waals surface area contributed by atoms with E-state index in [0.717, 1.165) is 16.8 Å². The molecule has 0 bridgehead atoms. The van der Waals surface area contributed by atoms with E-state index in [1.54, 1.807) is 6.21 Å². The van der Waals surface area contributed by atoms with E-state index >= 15 is 0 Å². The standard InChI is InChI=1S/C14H13NO.2BrH.Zr/c1-11-6-5-7-12(14(11)16)10-15-13-8-3-2-4-9-13;;;/h2-10,16H,1H3;2*1H;/q;;;+2/p-2. The maximum atomic E-state index is 9.78. The zero-order chi connectivity index (χ0) is 14.1. The molecule has 19 heavy (non-hydrogen) atoms. The molecule has 1 N–H and O–H groups in total. The van der Waals surface area contributed by atoms with Crippen LogP contribution in [0.25, 0.3) is 0 Å². The van der Waals surface area contributed by atoms with Gasteiger partial charge in [0, 0.05) is 11.8 Å². The van der Waals surface area contributed by atoms with Gasteiger partial charge in [0.2, 0.25) is 0 Å². The topological polar surface area (TPSA) is 32.6 Å². The molecule has 2 rings (SSSR count). The Morgan fingerprint density at radius 1 is 1.05 bits per heavy atom. The first kappa shape index (κ1) is 16.8. The molecule has 0 saturated carbocycles. The molecular formula is C14H13Br2NOZr. The molecule has 0 aliphatic rings. The Hall–Kier alpha value is -0.247. The second kappa shape index (κ2) is 9.62. The van der Waals surface area contributed by atoms with Crippen molar-refractivity contribution in [1.82, 2.24) is 0 Å². The first-order valence-corrected chi connectivity index (χ1v) is 16.8. The molecule has 0 saturated heterocycles. The summed E-state index contributed by atoms with van der Waals surface area (Å²) in [5.74, 6) is 0.294. The summed E-state index contributed by atoms with van der Waals surface area (Å²) >= 11 is 6.32. The summed E-state index contributed by atoms with van der Waals surface area (Å²) in [6.07, 6.45) is 1.68. The zero-order valence-electron chi connectivity index (χ0n) is 10.3. The van der Waals surface area contributed by atoms with Crippen LogP contribution < -0.4 is 0 Å². The van der Waals surface area contributed by atoms with Crippen LogP contribution in [0.5, 0.6) is 5.75 Å². The fourth-order valence-corrected chi connectivity index (χ4v) is 1.44. The van der Waals surface area contributed by atoms with Crippen molar-refractivity contribution in [3.8, 4) is 5.75 Å². The predicted octanol–water partition coefficient (Wildman–Crippen LogP) is 5.14. The quantitative estimate of drug-likeness (QED) is 0.617. The molecule has 2 aromatic carbocycles. The van der Waals surface area contributed by atoms with Gasteiger partial charge in [-0.2, -0.15) is 0 Å². The second-order valence-corrected chi connectivity index (χ2v) is 15.0. The molecule has 0 spiro atoms. The summed E-state index contributed by atoms with van der Waals surface area (Å²) in [4.78, 5) is 4.29. The Labute approximate surface area is 136 Å². The van der Waals surface area contributed by atoms with Crippen LogP contribution in [-0.4, -0.2) is 11.3 Å². The number of hydrogen-bond donors (Lipinski definition) is 1. The van der Waals surface area contributed by atoms with E-state index in [1.807, 2.05) is 55.5 Å². The molecule has 0 radical (unpaired) electrons. The number of aryl methyl sites for hydroxylation is 1. The number of para-hydroxylation sites is 2. The maximum absolute atomic E-state index is 9.78. The average molecular weight is 462 g/mol. The van der Waals surface area contributed by atoms with Gasteiger partial charge >= 0.3 is 43.0 Å². The van der Waals surface area contributed by atoms with E-state index in [9.17, 15) is 5.11 Å². The third kappa shape index (κ3) is 6.16. The summed E-state index contributed by atoms with van der Waals surface area (Å²) in [7, 11) is 0. The van der Waals surface area contributed by atoms with Gasteiger partial charge in [-0.05, 0) is 30.7 Å². The van der Waals surface area contributed by atoms with Gasteiger partial charge in [0.1, 0.15) is 5.75 Å². The Morgan fingerprint density at radius 3 is 2.32 bits per heavy atom. The molecule has 0 heterocycles. The molecule has 0 aliphatic heterocycles. The van der Waals surface area contributed by atoms with Gasteiger partial charge in [-0.1, -0.05) is 30.3 Å². The van der Waals surface area contributed by atoms with E-state index in [0.29, 0.717) is 5.75 Å². The molecule has 98 valence electrons. The fourth-order valence-electron chi connectivity index (χ4n) is 1.44. The Morgan fingerprint density at radius 2 is 1.68 bits per heavy atom. The van der Waals surface area contributed by atoms with E-state index in [1.165, 1.54) is 0 Å². The number of phenols is 1. The summed E-state index contributed by atoms with van der Waals surface area (Å²) in [5.41, 5.74) is 2.48. The van der Waals surface area contributed by atoms with Crippen molar-refractivity contribution in [2.45, 2.75) is 6.92 Å². The summed E-state index contributed by atoms with van der Waals surface area (Å²) in [6.45, 7) is 1.87. The summed E-state index contributed by atoms with van der Waals surface area (Å²) < 4.78 is 0. The SMILES string of the molecule is Cc1cccc(C=Nc2ccccc2)c1O.[Br][Zr][Br]. The minimum atomic E-state index is -0.145. The number of aliphatic imine (C=N–C) groups is 1. The van der Waals surface area contributed by atoms with Gasteiger partial charge in [-0.25, -0.2) is 0 Å². The molecule has 0 fully saturated rings. The van der Waals surface area contributed by atoms with Crippen LogP contribution in [0.1, 0.15) is 11.1 Å². The molecule has 0 unspecified atom stereocenters. The molecule has 0 amide bonds. The number of rotatable bonds is 2. The minimum absolute atomic E-state index is 0.145. The Bertz CT molecular complexity index is 532. The molecule has 0 atom stereocenters. The summed E-state index contributed by atoms with van der Waals surface area (Å²) in [6, 6.07) is 15.3. The van der Waals surface area contributed by atoms with Crippen molar-refractivity contribution in [2.24, 2.45) is 4.99 Å². The van der Waals surface area contributed by atoms with Crippen molar-refractivity contribution in [3.63, 3.8) is 0 Å². The zero-order valence-corrected chi connectivity index (χ0v) is 16.0. The number of aromatic hydroxyl groups is 1. The van der Waals surface area contributed by atoms with Gasteiger partial charge in [0.05, 0.1) is 5.69 Å².